The third kappa shape index (κ3) is 3.89. The Morgan fingerprint density at radius 1 is 1.14 bits per heavy atom. The van der Waals surface area contributed by atoms with Crippen LogP contribution in [0.25, 0.3) is 11.2 Å². The van der Waals surface area contributed by atoms with Crippen molar-refractivity contribution in [3.63, 3.8) is 0 Å². The molecule has 0 bridgehead atoms. The molecule has 3 heterocycles. The molecule has 2 aromatic heterocycles. The summed E-state index contributed by atoms with van der Waals surface area (Å²) in [6.45, 7) is 3.52. The number of esters is 2. The molecule has 2 N–H and O–H groups in total. The molecule has 1 saturated heterocycles. The Balaban J connectivity index is 2.09. The molecule has 12 heteroatoms. The Morgan fingerprint density at radius 2 is 1.79 bits per heavy atom. The van der Waals surface area contributed by atoms with E-state index < -0.39 is 48.4 Å². The number of imidazole rings is 1. The molecular weight excluding hydrogens is 386 g/mol. The van der Waals surface area contributed by atoms with Gasteiger partial charge in [0.15, 0.2) is 35.7 Å². The minimum atomic E-state index is -1.60. The third-order valence-electron chi connectivity index (χ3n) is 4.43. The molecule has 0 spiro atoms. The zero-order chi connectivity index (χ0) is 21.3. The Kier molecular flexibility index (Phi) is 5.75. The first kappa shape index (κ1) is 20.6. The van der Waals surface area contributed by atoms with Gasteiger partial charge in [0.1, 0.15) is 24.1 Å². The van der Waals surface area contributed by atoms with E-state index in [1.54, 1.807) is 7.05 Å². The largest absolute Gasteiger partial charge is 0.455 e. The minimum absolute atomic E-state index is 0.353. The van der Waals surface area contributed by atoms with Gasteiger partial charge in [-0.25, -0.2) is 15.0 Å². The number of fused-ring (bicyclic) bond motifs is 1. The van der Waals surface area contributed by atoms with Gasteiger partial charge in [-0.2, -0.15) is 0 Å². The Bertz CT molecular complexity index is 945. The lowest BCUT2D eigenvalue weighted by molar-refractivity contribution is -0.167. The van der Waals surface area contributed by atoms with Crippen LogP contribution in [0.3, 0.4) is 0 Å². The fraction of sp³-hybridized carbons (Fsp3) is 0.529. The number of carbonyl (C=O) groups excluding carboxylic acids is 3. The maximum atomic E-state index is 11.8. The van der Waals surface area contributed by atoms with Crippen LogP contribution in [0.15, 0.2) is 12.7 Å². The van der Waals surface area contributed by atoms with E-state index in [0.29, 0.717) is 17.0 Å². The molecule has 0 aliphatic carbocycles. The second kappa shape index (κ2) is 8.09. The summed E-state index contributed by atoms with van der Waals surface area (Å²) in [5.74, 6) is -1.47. The molecule has 3 rings (SSSR count). The molecule has 0 radical (unpaired) electrons. The van der Waals surface area contributed by atoms with Crippen LogP contribution in [0.4, 0.5) is 5.82 Å². The first-order valence-electron chi connectivity index (χ1n) is 8.78. The van der Waals surface area contributed by atoms with Crippen LogP contribution in [-0.4, -0.2) is 73.8 Å². The SMILES string of the molecule is CNc1ncnc2c1ncn2[C@@H]1O[C@H](C(O)C(C)=O)[C@@H](OC(C)=O)[C@H]1OC(C)=O. The molecule has 0 aromatic carbocycles. The quantitative estimate of drug-likeness (QED) is 0.600. The van der Waals surface area contributed by atoms with E-state index in [1.165, 1.54) is 31.1 Å². The summed E-state index contributed by atoms with van der Waals surface area (Å²) >= 11 is 0. The Labute approximate surface area is 165 Å². The highest BCUT2D eigenvalue weighted by Crippen LogP contribution is 2.37. The predicted molar refractivity (Wildman–Crippen MR) is 96.6 cm³/mol. The van der Waals surface area contributed by atoms with Crippen molar-refractivity contribution in [2.75, 3.05) is 12.4 Å². The number of carbonyl (C=O) groups is 3. The van der Waals surface area contributed by atoms with E-state index in [-0.39, 0.29) is 0 Å². The van der Waals surface area contributed by atoms with Crippen LogP contribution >= 0.6 is 0 Å². The molecular formula is C17H21N5O7. The number of anilines is 1. The highest BCUT2D eigenvalue weighted by atomic mass is 16.6. The van der Waals surface area contributed by atoms with Crippen molar-refractivity contribution >= 4 is 34.7 Å². The molecule has 0 saturated carbocycles. The van der Waals surface area contributed by atoms with E-state index in [9.17, 15) is 19.5 Å². The number of ketones is 1. The highest BCUT2D eigenvalue weighted by molar-refractivity contribution is 5.83. The zero-order valence-corrected chi connectivity index (χ0v) is 16.2. The van der Waals surface area contributed by atoms with Crippen molar-refractivity contribution in [1.82, 2.24) is 19.5 Å². The number of Topliss-reactive ketones (excluding diaryl/α,β-unsaturated/α-hetero) is 1. The van der Waals surface area contributed by atoms with Crippen LogP contribution in [0.2, 0.25) is 0 Å². The molecule has 29 heavy (non-hydrogen) atoms. The zero-order valence-electron chi connectivity index (χ0n) is 16.2. The molecule has 5 atom stereocenters. The minimum Gasteiger partial charge on any atom is -0.455 e. The molecule has 156 valence electrons. The van der Waals surface area contributed by atoms with Crippen molar-refractivity contribution in [2.24, 2.45) is 0 Å². The number of aliphatic hydroxyl groups is 1. The molecule has 1 aliphatic rings. The Hall–Kier alpha value is -3.12. The summed E-state index contributed by atoms with van der Waals surface area (Å²) < 4.78 is 17.9. The van der Waals surface area contributed by atoms with Crippen molar-refractivity contribution in [2.45, 2.75) is 51.4 Å². The van der Waals surface area contributed by atoms with E-state index in [1.807, 2.05) is 0 Å². The average Bonchev–Trinajstić information content (AvgIpc) is 3.22. The number of hydrogen-bond acceptors (Lipinski definition) is 11. The molecule has 1 fully saturated rings. The van der Waals surface area contributed by atoms with E-state index in [2.05, 4.69) is 20.3 Å². The van der Waals surface area contributed by atoms with Gasteiger partial charge in [0.25, 0.3) is 0 Å². The summed E-state index contributed by atoms with van der Waals surface area (Å²) in [6.07, 6.45) is -3.58. The molecule has 1 unspecified atom stereocenters. The van der Waals surface area contributed by atoms with Crippen LogP contribution in [-0.2, 0) is 28.6 Å². The fourth-order valence-corrected chi connectivity index (χ4v) is 3.24. The second-order valence-corrected chi connectivity index (χ2v) is 6.49. The van der Waals surface area contributed by atoms with Gasteiger partial charge in [-0.05, 0) is 6.92 Å². The molecule has 1 aliphatic heterocycles. The van der Waals surface area contributed by atoms with Gasteiger partial charge in [-0.1, -0.05) is 0 Å². The number of aromatic nitrogens is 4. The second-order valence-electron chi connectivity index (χ2n) is 6.49. The lowest BCUT2D eigenvalue weighted by atomic mass is 10.0. The summed E-state index contributed by atoms with van der Waals surface area (Å²) in [5, 5.41) is 13.2. The van der Waals surface area contributed by atoms with Crippen LogP contribution < -0.4 is 5.32 Å². The van der Waals surface area contributed by atoms with Crippen molar-refractivity contribution in [3.8, 4) is 0 Å². The van der Waals surface area contributed by atoms with Crippen LogP contribution in [0, 0.1) is 0 Å². The number of aliphatic hydroxyl groups excluding tert-OH is 1. The normalized spacial score (nSPS) is 24.9. The number of rotatable bonds is 6. The van der Waals surface area contributed by atoms with Crippen molar-refractivity contribution in [1.29, 1.82) is 0 Å². The predicted octanol–water partition coefficient (Wildman–Crippen LogP) is -0.421. The first-order valence-corrected chi connectivity index (χ1v) is 8.78. The monoisotopic (exact) mass is 407 g/mol. The molecule has 0 amide bonds. The standard InChI is InChI=1S/C17H21N5O7/c1-7(23)11(26)12-13(27-8(2)24)14(28-9(3)25)17(29-12)22-6-21-10-15(18-4)19-5-20-16(10)22/h5-6,11-14,17,26H,1-4H3,(H,18,19,20)/t11?,12-,13-,14-,17-/m1/s1. The lowest BCUT2D eigenvalue weighted by Gasteiger charge is -2.24. The van der Waals surface area contributed by atoms with Crippen LogP contribution in [0.5, 0.6) is 0 Å². The summed E-state index contributed by atoms with van der Waals surface area (Å²) in [5.41, 5.74) is 0.783. The van der Waals surface area contributed by atoms with E-state index >= 15 is 0 Å². The van der Waals surface area contributed by atoms with Gasteiger partial charge >= 0.3 is 11.9 Å². The lowest BCUT2D eigenvalue weighted by Crippen LogP contribution is -2.45. The maximum Gasteiger partial charge on any atom is 0.303 e. The summed E-state index contributed by atoms with van der Waals surface area (Å²) in [7, 11) is 1.67. The van der Waals surface area contributed by atoms with Gasteiger partial charge in [-0.15, -0.1) is 0 Å². The van der Waals surface area contributed by atoms with Crippen LogP contribution in [0.1, 0.15) is 27.0 Å². The van der Waals surface area contributed by atoms with Gasteiger partial charge in [-0.3, -0.25) is 19.0 Å². The van der Waals surface area contributed by atoms with Gasteiger partial charge in [0, 0.05) is 20.9 Å². The smallest absolute Gasteiger partial charge is 0.303 e. The topological polar surface area (TPSA) is 155 Å². The van der Waals surface area contributed by atoms with Crippen molar-refractivity contribution < 1.29 is 33.7 Å². The molecule has 12 nitrogen and oxygen atoms in total. The third-order valence-corrected chi connectivity index (χ3v) is 4.43. The summed E-state index contributed by atoms with van der Waals surface area (Å²) in [6, 6.07) is 0. The number of hydrogen-bond donors (Lipinski definition) is 2. The average molecular weight is 407 g/mol. The molecule has 2 aromatic rings. The van der Waals surface area contributed by atoms with E-state index in [0.717, 1.165) is 6.92 Å². The summed E-state index contributed by atoms with van der Waals surface area (Å²) in [4.78, 5) is 47.6. The maximum absolute atomic E-state index is 11.8. The van der Waals surface area contributed by atoms with Gasteiger partial charge in [0.05, 0.1) is 6.33 Å². The fourth-order valence-electron chi connectivity index (χ4n) is 3.24. The van der Waals surface area contributed by atoms with Crippen molar-refractivity contribution in [3.05, 3.63) is 12.7 Å². The van der Waals surface area contributed by atoms with Gasteiger partial charge < -0.3 is 24.6 Å². The highest BCUT2D eigenvalue weighted by Gasteiger charge is 2.53. The van der Waals surface area contributed by atoms with Gasteiger partial charge in [0.2, 0.25) is 0 Å². The number of nitrogens with one attached hydrogen (secondary N) is 1. The number of ether oxygens (including phenoxy) is 3. The van der Waals surface area contributed by atoms with E-state index in [4.69, 9.17) is 14.2 Å². The first-order chi connectivity index (χ1) is 13.7. The Morgan fingerprint density at radius 3 is 2.38 bits per heavy atom. The number of nitrogens with zero attached hydrogens (tertiary/aromatic N) is 4.